The van der Waals surface area contributed by atoms with E-state index in [1.54, 1.807) is 0 Å². The van der Waals surface area contributed by atoms with Crippen molar-refractivity contribution in [1.29, 1.82) is 0 Å². The maximum absolute atomic E-state index is 11.9. The third-order valence-electron chi connectivity index (χ3n) is 2.97. The fourth-order valence-corrected chi connectivity index (χ4v) is 2.36. The summed E-state index contributed by atoms with van der Waals surface area (Å²) in [7, 11) is 0. The number of nitrogens with zero attached hydrogens (tertiary/aromatic N) is 1. The molecule has 0 bridgehead atoms. The first kappa shape index (κ1) is 12.7. The Morgan fingerprint density at radius 3 is 2.83 bits per heavy atom. The van der Waals surface area contributed by atoms with Crippen molar-refractivity contribution in [1.82, 2.24) is 5.32 Å². The molecular formula is C14H21N3O. The van der Waals surface area contributed by atoms with Crippen molar-refractivity contribution >= 4 is 17.3 Å². The lowest BCUT2D eigenvalue weighted by Gasteiger charge is -2.25. The molecule has 1 aliphatic rings. The summed E-state index contributed by atoms with van der Waals surface area (Å²) in [5.41, 5.74) is 8.82. The minimum atomic E-state index is -0.193. The molecule has 0 atom stereocenters. The summed E-state index contributed by atoms with van der Waals surface area (Å²) < 4.78 is 0. The van der Waals surface area contributed by atoms with E-state index in [9.17, 15) is 4.79 Å². The quantitative estimate of drug-likeness (QED) is 0.779. The van der Waals surface area contributed by atoms with Crippen molar-refractivity contribution in [3.05, 3.63) is 23.8 Å². The van der Waals surface area contributed by atoms with Crippen LogP contribution in [0.25, 0.3) is 0 Å². The van der Waals surface area contributed by atoms with Crippen LogP contribution >= 0.6 is 0 Å². The molecule has 3 N–H and O–H groups in total. The van der Waals surface area contributed by atoms with Crippen molar-refractivity contribution in [2.45, 2.75) is 32.7 Å². The number of benzene rings is 1. The van der Waals surface area contributed by atoms with Gasteiger partial charge >= 0.3 is 0 Å². The molecule has 1 heterocycles. The monoisotopic (exact) mass is 247 g/mol. The number of carbonyl (C=O) groups is 1. The Balaban J connectivity index is 2.08. The van der Waals surface area contributed by atoms with Gasteiger partial charge in [0.1, 0.15) is 0 Å². The number of amides is 1. The molecule has 4 nitrogen and oxygen atoms in total. The SMILES string of the molecule is CC(C)(C)NC(=O)CN1CCc2cccc(N)c21. The zero-order chi connectivity index (χ0) is 13.3. The third-order valence-corrected chi connectivity index (χ3v) is 2.97. The minimum absolute atomic E-state index is 0.0404. The van der Waals surface area contributed by atoms with Crippen LogP contribution in [-0.4, -0.2) is 24.5 Å². The highest BCUT2D eigenvalue weighted by molar-refractivity contribution is 5.85. The van der Waals surface area contributed by atoms with Gasteiger partial charge in [-0.25, -0.2) is 0 Å². The van der Waals surface area contributed by atoms with E-state index in [1.165, 1.54) is 5.56 Å². The molecule has 0 unspecified atom stereocenters. The maximum Gasteiger partial charge on any atom is 0.239 e. The first-order chi connectivity index (χ1) is 8.37. The van der Waals surface area contributed by atoms with Crippen molar-refractivity contribution < 1.29 is 4.79 Å². The number of hydrogen-bond acceptors (Lipinski definition) is 3. The topological polar surface area (TPSA) is 58.4 Å². The van der Waals surface area contributed by atoms with E-state index in [0.717, 1.165) is 24.3 Å². The normalized spacial score (nSPS) is 14.5. The van der Waals surface area contributed by atoms with Gasteiger partial charge in [0.25, 0.3) is 0 Å². The Hall–Kier alpha value is -1.71. The van der Waals surface area contributed by atoms with Gasteiger partial charge < -0.3 is 16.0 Å². The van der Waals surface area contributed by atoms with E-state index in [4.69, 9.17) is 5.73 Å². The number of carbonyl (C=O) groups excluding carboxylic acids is 1. The van der Waals surface area contributed by atoms with Gasteiger partial charge in [0.15, 0.2) is 0 Å². The number of fused-ring (bicyclic) bond motifs is 1. The number of rotatable bonds is 2. The first-order valence-electron chi connectivity index (χ1n) is 6.30. The average molecular weight is 247 g/mol. The van der Waals surface area contributed by atoms with Crippen LogP contribution in [-0.2, 0) is 11.2 Å². The summed E-state index contributed by atoms with van der Waals surface area (Å²) in [4.78, 5) is 14.0. The molecule has 1 amide bonds. The lowest BCUT2D eigenvalue weighted by atomic mass is 10.1. The first-order valence-corrected chi connectivity index (χ1v) is 6.30. The molecule has 4 heteroatoms. The van der Waals surface area contributed by atoms with Gasteiger partial charge in [-0.1, -0.05) is 12.1 Å². The lowest BCUT2D eigenvalue weighted by Crippen LogP contribution is -2.45. The fraction of sp³-hybridized carbons (Fsp3) is 0.500. The minimum Gasteiger partial charge on any atom is -0.397 e. The second-order valence-corrected chi connectivity index (χ2v) is 5.82. The Morgan fingerprint density at radius 1 is 1.44 bits per heavy atom. The second kappa shape index (κ2) is 4.52. The number of anilines is 2. The Morgan fingerprint density at radius 2 is 2.17 bits per heavy atom. The van der Waals surface area contributed by atoms with E-state index >= 15 is 0 Å². The van der Waals surface area contributed by atoms with Crippen LogP contribution in [0.1, 0.15) is 26.3 Å². The van der Waals surface area contributed by atoms with Gasteiger partial charge in [-0.2, -0.15) is 0 Å². The van der Waals surface area contributed by atoms with Crippen LogP contribution in [0.2, 0.25) is 0 Å². The van der Waals surface area contributed by atoms with E-state index in [2.05, 4.69) is 16.3 Å². The molecule has 1 aromatic rings. The van der Waals surface area contributed by atoms with E-state index < -0.39 is 0 Å². The summed E-state index contributed by atoms with van der Waals surface area (Å²) in [6.45, 7) is 7.19. The molecule has 0 saturated heterocycles. The van der Waals surface area contributed by atoms with Crippen molar-refractivity contribution in [3.63, 3.8) is 0 Å². The number of nitrogens with one attached hydrogen (secondary N) is 1. The average Bonchev–Trinajstić information content (AvgIpc) is 2.59. The molecule has 0 aromatic heterocycles. The molecule has 1 aliphatic heterocycles. The van der Waals surface area contributed by atoms with Crippen molar-refractivity contribution in [2.24, 2.45) is 0 Å². The van der Waals surface area contributed by atoms with E-state index in [0.29, 0.717) is 6.54 Å². The van der Waals surface area contributed by atoms with E-state index in [1.807, 2.05) is 32.9 Å². The number of nitrogen functional groups attached to an aromatic ring is 1. The van der Waals surface area contributed by atoms with E-state index in [-0.39, 0.29) is 11.4 Å². The highest BCUT2D eigenvalue weighted by Crippen LogP contribution is 2.33. The van der Waals surface area contributed by atoms with Gasteiger partial charge in [-0.05, 0) is 38.8 Å². The molecule has 2 rings (SSSR count). The number of hydrogen-bond donors (Lipinski definition) is 2. The van der Waals surface area contributed by atoms with Gasteiger partial charge in [0.05, 0.1) is 17.9 Å². The Kier molecular flexibility index (Phi) is 3.20. The summed E-state index contributed by atoms with van der Waals surface area (Å²) in [6.07, 6.45) is 0.961. The molecule has 0 saturated carbocycles. The van der Waals surface area contributed by atoms with Gasteiger partial charge in [0, 0.05) is 12.1 Å². The molecule has 0 spiro atoms. The molecule has 18 heavy (non-hydrogen) atoms. The highest BCUT2D eigenvalue weighted by atomic mass is 16.2. The largest absolute Gasteiger partial charge is 0.397 e. The highest BCUT2D eigenvalue weighted by Gasteiger charge is 2.24. The van der Waals surface area contributed by atoms with Crippen LogP contribution in [0.15, 0.2) is 18.2 Å². The lowest BCUT2D eigenvalue weighted by molar-refractivity contribution is -0.121. The zero-order valence-corrected chi connectivity index (χ0v) is 11.3. The second-order valence-electron chi connectivity index (χ2n) is 5.82. The molecular weight excluding hydrogens is 226 g/mol. The van der Waals surface area contributed by atoms with Crippen LogP contribution in [0.5, 0.6) is 0 Å². The standard InChI is InChI=1S/C14H21N3O/c1-14(2,3)16-12(18)9-17-8-7-10-5-4-6-11(15)13(10)17/h4-6H,7-9,15H2,1-3H3,(H,16,18). The van der Waals surface area contributed by atoms with Crippen molar-refractivity contribution in [2.75, 3.05) is 23.7 Å². The fourth-order valence-electron chi connectivity index (χ4n) is 2.36. The summed E-state index contributed by atoms with van der Waals surface area (Å²) in [5, 5.41) is 2.97. The van der Waals surface area contributed by atoms with Crippen molar-refractivity contribution in [3.8, 4) is 0 Å². The zero-order valence-electron chi connectivity index (χ0n) is 11.3. The van der Waals surface area contributed by atoms with Crippen LogP contribution in [0.4, 0.5) is 11.4 Å². The molecule has 0 radical (unpaired) electrons. The molecule has 0 aliphatic carbocycles. The van der Waals surface area contributed by atoms with Crippen LogP contribution in [0, 0.1) is 0 Å². The molecule has 1 aromatic carbocycles. The predicted octanol–water partition coefficient (Wildman–Crippen LogP) is 1.55. The maximum atomic E-state index is 11.9. The van der Waals surface area contributed by atoms with Crippen LogP contribution < -0.4 is 16.0 Å². The Bertz CT molecular complexity index is 463. The molecule has 0 fully saturated rings. The van der Waals surface area contributed by atoms with Crippen LogP contribution in [0.3, 0.4) is 0 Å². The number of para-hydroxylation sites is 1. The summed E-state index contributed by atoms with van der Waals surface area (Å²) in [6, 6.07) is 5.93. The van der Waals surface area contributed by atoms with Gasteiger partial charge in [-0.3, -0.25) is 4.79 Å². The Labute approximate surface area is 108 Å². The summed E-state index contributed by atoms with van der Waals surface area (Å²) >= 11 is 0. The predicted molar refractivity (Wildman–Crippen MR) is 74.7 cm³/mol. The van der Waals surface area contributed by atoms with Gasteiger partial charge in [0.2, 0.25) is 5.91 Å². The van der Waals surface area contributed by atoms with Gasteiger partial charge in [-0.15, -0.1) is 0 Å². The molecule has 98 valence electrons. The summed E-state index contributed by atoms with van der Waals surface area (Å²) in [5.74, 6) is 0.0404. The smallest absolute Gasteiger partial charge is 0.239 e. The number of nitrogens with two attached hydrogens (primary N) is 1. The third kappa shape index (κ3) is 2.75.